The van der Waals surface area contributed by atoms with Crippen LogP contribution in [0.4, 0.5) is 17.6 Å². The lowest BCUT2D eigenvalue weighted by molar-refractivity contribution is -0.137. The van der Waals surface area contributed by atoms with Gasteiger partial charge >= 0.3 is 6.18 Å². The lowest BCUT2D eigenvalue weighted by Crippen LogP contribution is -2.29. The summed E-state index contributed by atoms with van der Waals surface area (Å²) >= 11 is 0. The number of nitrogens with zero attached hydrogens (tertiary/aromatic N) is 1. The number of nitrogens with two attached hydrogens (primary N) is 1. The van der Waals surface area contributed by atoms with E-state index < -0.39 is 23.6 Å². The molecule has 2 rings (SSSR count). The fourth-order valence-electron chi connectivity index (χ4n) is 1.80. The summed E-state index contributed by atoms with van der Waals surface area (Å²) in [4.78, 5) is 3.82. The number of halogens is 4. The number of benzene rings is 1. The van der Waals surface area contributed by atoms with Crippen LogP contribution in [0.25, 0.3) is 0 Å². The Morgan fingerprint density at radius 1 is 1.15 bits per heavy atom. The molecule has 1 atom stereocenters. The Morgan fingerprint density at radius 2 is 1.90 bits per heavy atom. The van der Waals surface area contributed by atoms with E-state index in [1.54, 1.807) is 0 Å². The first-order valence-corrected chi connectivity index (χ1v) is 5.66. The Hall–Kier alpha value is -1.99. The second-order valence-electron chi connectivity index (χ2n) is 4.12. The highest BCUT2D eigenvalue weighted by atomic mass is 19.4. The molecule has 0 fully saturated rings. The van der Waals surface area contributed by atoms with E-state index in [1.165, 1.54) is 24.3 Å². The standard InChI is InChI=1S/C13H11F4N3/c14-10-4-5-11(19-7-10)12(20-18)8-2-1-3-9(6-8)13(15,16)17/h1-7,12,20H,18H2. The molecule has 0 bridgehead atoms. The molecule has 3 N–H and O–H groups in total. The first-order valence-electron chi connectivity index (χ1n) is 5.66. The average molecular weight is 285 g/mol. The summed E-state index contributed by atoms with van der Waals surface area (Å²) in [5.41, 5.74) is 2.22. The first kappa shape index (κ1) is 14.4. The van der Waals surface area contributed by atoms with Crippen molar-refractivity contribution in [1.82, 2.24) is 10.4 Å². The number of hydrogen-bond donors (Lipinski definition) is 2. The zero-order valence-corrected chi connectivity index (χ0v) is 10.2. The smallest absolute Gasteiger partial charge is 0.271 e. The van der Waals surface area contributed by atoms with E-state index in [0.29, 0.717) is 11.3 Å². The number of hydrogen-bond acceptors (Lipinski definition) is 3. The number of nitrogens with one attached hydrogen (secondary N) is 1. The number of alkyl halides is 3. The van der Waals surface area contributed by atoms with Gasteiger partial charge in [0.1, 0.15) is 5.82 Å². The number of pyridine rings is 1. The van der Waals surface area contributed by atoms with Crippen LogP contribution in [0.3, 0.4) is 0 Å². The minimum Gasteiger partial charge on any atom is -0.271 e. The molecule has 1 aromatic carbocycles. The van der Waals surface area contributed by atoms with Gasteiger partial charge in [-0.1, -0.05) is 12.1 Å². The Balaban J connectivity index is 2.39. The third kappa shape index (κ3) is 3.12. The van der Waals surface area contributed by atoms with Gasteiger partial charge in [0.05, 0.1) is 23.5 Å². The largest absolute Gasteiger partial charge is 0.416 e. The quantitative estimate of drug-likeness (QED) is 0.518. The molecule has 0 spiro atoms. The summed E-state index contributed by atoms with van der Waals surface area (Å²) in [6.07, 6.45) is -3.46. The van der Waals surface area contributed by atoms with Crippen LogP contribution in [0.2, 0.25) is 0 Å². The molecule has 7 heteroatoms. The van der Waals surface area contributed by atoms with Crippen LogP contribution in [-0.2, 0) is 6.18 Å². The highest BCUT2D eigenvalue weighted by molar-refractivity contribution is 5.32. The van der Waals surface area contributed by atoms with Gasteiger partial charge < -0.3 is 0 Å². The van der Waals surface area contributed by atoms with Crippen molar-refractivity contribution in [2.75, 3.05) is 0 Å². The molecular formula is C13H11F4N3. The number of hydrazine groups is 1. The first-order chi connectivity index (χ1) is 9.41. The SMILES string of the molecule is NNC(c1cccc(C(F)(F)F)c1)c1ccc(F)cn1. The molecule has 0 saturated heterocycles. The Morgan fingerprint density at radius 3 is 2.45 bits per heavy atom. The maximum atomic E-state index is 12.8. The van der Waals surface area contributed by atoms with E-state index in [4.69, 9.17) is 5.84 Å². The second-order valence-corrected chi connectivity index (χ2v) is 4.12. The molecule has 0 radical (unpaired) electrons. The summed E-state index contributed by atoms with van der Waals surface area (Å²) in [5.74, 6) is 4.84. The third-order valence-corrected chi connectivity index (χ3v) is 2.76. The van der Waals surface area contributed by atoms with Gasteiger partial charge in [-0.3, -0.25) is 10.8 Å². The van der Waals surface area contributed by atoms with Gasteiger partial charge in [-0.25, -0.2) is 9.82 Å². The van der Waals surface area contributed by atoms with E-state index in [1.807, 2.05) is 0 Å². The van der Waals surface area contributed by atoms with Gasteiger partial charge in [-0.2, -0.15) is 13.2 Å². The Kier molecular flexibility index (Phi) is 4.01. The summed E-state index contributed by atoms with van der Waals surface area (Å²) < 4.78 is 50.8. The molecule has 3 nitrogen and oxygen atoms in total. The van der Waals surface area contributed by atoms with Crippen LogP contribution in [-0.4, -0.2) is 4.98 Å². The van der Waals surface area contributed by atoms with Crippen molar-refractivity contribution in [2.45, 2.75) is 12.2 Å². The van der Waals surface area contributed by atoms with Crippen molar-refractivity contribution in [3.8, 4) is 0 Å². The molecule has 20 heavy (non-hydrogen) atoms. The van der Waals surface area contributed by atoms with E-state index in [9.17, 15) is 17.6 Å². The fraction of sp³-hybridized carbons (Fsp3) is 0.154. The topological polar surface area (TPSA) is 50.9 Å². The predicted molar refractivity (Wildman–Crippen MR) is 64.8 cm³/mol. The summed E-state index contributed by atoms with van der Waals surface area (Å²) in [7, 11) is 0. The lowest BCUT2D eigenvalue weighted by atomic mass is 10.0. The minimum atomic E-state index is -4.44. The molecular weight excluding hydrogens is 274 g/mol. The monoisotopic (exact) mass is 285 g/mol. The van der Waals surface area contributed by atoms with Gasteiger partial charge in [0.15, 0.2) is 0 Å². The van der Waals surface area contributed by atoms with Crippen molar-refractivity contribution in [2.24, 2.45) is 5.84 Å². The van der Waals surface area contributed by atoms with Crippen LogP contribution in [0.5, 0.6) is 0 Å². The molecule has 0 aliphatic carbocycles. The highest BCUT2D eigenvalue weighted by Gasteiger charge is 2.31. The molecule has 106 valence electrons. The number of aromatic nitrogens is 1. The Bertz CT molecular complexity index is 581. The average Bonchev–Trinajstić information content (AvgIpc) is 2.41. The van der Waals surface area contributed by atoms with Crippen molar-refractivity contribution in [3.05, 3.63) is 65.2 Å². The second kappa shape index (κ2) is 5.56. The molecule has 0 amide bonds. The molecule has 0 aliphatic heterocycles. The van der Waals surface area contributed by atoms with Crippen LogP contribution in [0.1, 0.15) is 22.9 Å². The summed E-state index contributed by atoms with van der Waals surface area (Å²) in [6, 6.07) is 6.50. The predicted octanol–water partition coefficient (Wildman–Crippen LogP) is 2.79. The van der Waals surface area contributed by atoms with Crippen LogP contribution in [0.15, 0.2) is 42.6 Å². The maximum Gasteiger partial charge on any atom is 0.416 e. The van der Waals surface area contributed by atoms with Crippen molar-refractivity contribution in [1.29, 1.82) is 0 Å². The van der Waals surface area contributed by atoms with Crippen molar-refractivity contribution in [3.63, 3.8) is 0 Å². The van der Waals surface area contributed by atoms with Crippen molar-refractivity contribution >= 4 is 0 Å². The zero-order valence-electron chi connectivity index (χ0n) is 10.2. The molecule has 2 aromatic rings. The fourth-order valence-corrected chi connectivity index (χ4v) is 1.80. The summed E-state index contributed by atoms with van der Waals surface area (Å²) in [6.45, 7) is 0. The van der Waals surface area contributed by atoms with E-state index >= 15 is 0 Å². The van der Waals surface area contributed by atoms with Crippen molar-refractivity contribution < 1.29 is 17.6 Å². The normalized spacial score (nSPS) is 13.2. The van der Waals surface area contributed by atoms with Crippen LogP contribution >= 0.6 is 0 Å². The van der Waals surface area contributed by atoms with Gasteiger partial charge in [0.2, 0.25) is 0 Å². The Labute approximate surface area is 112 Å². The van der Waals surface area contributed by atoms with Crippen LogP contribution < -0.4 is 11.3 Å². The van der Waals surface area contributed by atoms with Gasteiger partial charge in [0.25, 0.3) is 0 Å². The molecule has 1 heterocycles. The zero-order chi connectivity index (χ0) is 14.8. The van der Waals surface area contributed by atoms with E-state index in [-0.39, 0.29) is 0 Å². The van der Waals surface area contributed by atoms with Gasteiger partial charge in [-0.15, -0.1) is 0 Å². The lowest BCUT2D eigenvalue weighted by Gasteiger charge is -2.17. The molecule has 1 aromatic heterocycles. The van der Waals surface area contributed by atoms with Crippen LogP contribution in [0, 0.1) is 5.82 Å². The molecule has 0 aliphatic rings. The minimum absolute atomic E-state index is 0.293. The van der Waals surface area contributed by atoms with E-state index in [0.717, 1.165) is 18.3 Å². The third-order valence-electron chi connectivity index (χ3n) is 2.76. The van der Waals surface area contributed by atoms with Gasteiger partial charge in [0, 0.05) is 0 Å². The maximum absolute atomic E-state index is 12.8. The highest BCUT2D eigenvalue weighted by Crippen LogP contribution is 2.31. The molecule has 1 unspecified atom stereocenters. The summed E-state index contributed by atoms with van der Waals surface area (Å²) in [5, 5.41) is 0. The molecule has 0 saturated carbocycles. The van der Waals surface area contributed by atoms with Gasteiger partial charge in [-0.05, 0) is 29.8 Å². The number of rotatable bonds is 3. The van der Waals surface area contributed by atoms with E-state index in [2.05, 4.69) is 10.4 Å².